The zero-order valence-electron chi connectivity index (χ0n) is 18.3. The second-order valence-corrected chi connectivity index (χ2v) is 8.08. The van der Waals surface area contributed by atoms with Crippen LogP contribution in [0.15, 0.2) is 66.7 Å². The number of aliphatic carboxylic acids is 1. The summed E-state index contributed by atoms with van der Waals surface area (Å²) in [5.41, 5.74) is 6.27. The smallest absolute Gasteiger partial charge is 0.304 e. The van der Waals surface area contributed by atoms with Crippen molar-refractivity contribution >= 4 is 5.97 Å². The Labute approximate surface area is 182 Å². The largest absolute Gasteiger partial charge is 0.481 e. The van der Waals surface area contributed by atoms with Crippen molar-refractivity contribution in [2.75, 3.05) is 0 Å². The van der Waals surface area contributed by atoms with Crippen LogP contribution in [0.2, 0.25) is 0 Å². The van der Waals surface area contributed by atoms with E-state index in [1.165, 1.54) is 0 Å². The highest BCUT2D eigenvalue weighted by Gasteiger charge is 2.21. The minimum atomic E-state index is -0.824. The number of carboxylic acids is 1. The Hall–Kier alpha value is -3.60. The normalized spacial score (nSPS) is 12.1. The van der Waals surface area contributed by atoms with E-state index in [-0.39, 0.29) is 12.3 Å². The minimum Gasteiger partial charge on any atom is -0.481 e. The van der Waals surface area contributed by atoms with Crippen molar-refractivity contribution in [2.24, 2.45) is 0 Å². The lowest BCUT2D eigenvalue weighted by Gasteiger charge is -2.20. The van der Waals surface area contributed by atoms with Crippen LogP contribution in [0.5, 0.6) is 0 Å². The number of carboxylic acid groups (broad SMARTS) is 1. The third-order valence-electron chi connectivity index (χ3n) is 5.80. The molecule has 5 nitrogen and oxygen atoms in total. The molecule has 5 heteroatoms. The molecule has 0 saturated carbocycles. The molecule has 0 amide bonds. The number of rotatable bonds is 6. The van der Waals surface area contributed by atoms with E-state index in [9.17, 15) is 9.90 Å². The molecule has 158 valence electrons. The molecule has 0 bridgehead atoms. The molecule has 0 aliphatic heterocycles. The van der Waals surface area contributed by atoms with E-state index in [0.717, 1.165) is 45.5 Å². The Morgan fingerprint density at radius 3 is 1.65 bits per heavy atom. The number of pyridine rings is 1. The van der Waals surface area contributed by atoms with Gasteiger partial charge in [0, 0.05) is 28.7 Å². The van der Waals surface area contributed by atoms with Crippen molar-refractivity contribution in [1.29, 1.82) is 0 Å². The van der Waals surface area contributed by atoms with Crippen molar-refractivity contribution in [3.8, 4) is 11.6 Å². The Morgan fingerprint density at radius 1 is 0.774 bits per heavy atom. The maximum Gasteiger partial charge on any atom is 0.304 e. The molecule has 1 aromatic carbocycles. The average Bonchev–Trinajstić information content (AvgIpc) is 3.26. The highest BCUT2D eigenvalue weighted by atomic mass is 16.4. The van der Waals surface area contributed by atoms with Gasteiger partial charge in [-0.1, -0.05) is 30.3 Å². The SMILES string of the molecule is Cc1ccc(C)n1-c1cc(C(CC(=O)O)c2ccccc2)cc(-n2c(C)ccc2C)n1. The van der Waals surface area contributed by atoms with E-state index < -0.39 is 5.97 Å². The summed E-state index contributed by atoms with van der Waals surface area (Å²) in [6.45, 7) is 8.22. The first-order chi connectivity index (χ1) is 14.8. The topological polar surface area (TPSA) is 60.1 Å². The summed E-state index contributed by atoms with van der Waals surface area (Å²) in [5.74, 6) is 0.500. The predicted molar refractivity (Wildman–Crippen MR) is 122 cm³/mol. The van der Waals surface area contributed by atoms with Crippen LogP contribution >= 0.6 is 0 Å². The third-order valence-corrected chi connectivity index (χ3v) is 5.80. The van der Waals surface area contributed by atoms with Crippen molar-refractivity contribution in [1.82, 2.24) is 14.1 Å². The van der Waals surface area contributed by atoms with Crippen molar-refractivity contribution < 1.29 is 9.90 Å². The second-order valence-electron chi connectivity index (χ2n) is 8.08. The standard InChI is InChI=1S/C26H27N3O2/c1-17-10-11-18(2)28(17)24-14-22(15-25(27-24)29-19(3)12-13-20(29)4)23(16-26(30)31)21-8-6-5-7-9-21/h5-15,23H,16H2,1-4H3,(H,30,31). The van der Waals surface area contributed by atoms with Gasteiger partial charge in [-0.25, -0.2) is 4.98 Å². The van der Waals surface area contributed by atoms with Gasteiger partial charge in [0.25, 0.3) is 0 Å². The summed E-state index contributed by atoms with van der Waals surface area (Å²) in [7, 11) is 0. The van der Waals surface area contributed by atoms with Gasteiger partial charge < -0.3 is 14.2 Å². The van der Waals surface area contributed by atoms with Crippen LogP contribution in [0.1, 0.15) is 46.2 Å². The Morgan fingerprint density at radius 2 is 1.23 bits per heavy atom. The first kappa shape index (κ1) is 20.7. The van der Waals surface area contributed by atoms with E-state index in [1.54, 1.807) is 0 Å². The number of hydrogen-bond donors (Lipinski definition) is 1. The summed E-state index contributed by atoms with van der Waals surface area (Å²) >= 11 is 0. The lowest BCUT2D eigenvalue weighted by atomic mass is 9.89. The fourth-order valence-electron chi connectivity index (χ4n) is 4.30. The molecule has 1 atom stereocenters. The molecular weight excluding hydrogens is 386 g/mol. The van der Waals surface area contributed by atoms with E-state index in [2.05, 4.69) is 61.1 Å². The zero-order chi connectivity index (χ0) is 22.1. The summed E-state index contributed by atoms with van der Waals surface area (Å²) in [4.78, 5) is 16.8. The third kappa shape index (κ3) is 4.04. The number of hydrogen-bond acceptors (Lipinski definition) is 2. The molecule has 3 aromatic heterocycles. The molecule has 0 radical (unpaired) electrons. The van der Waals surface area contributed by atoms with Gasteiger partial charge in [-0.3, -0.25) is 4.79 Å². The van der Waals surface area contributed by atoms with Crippen LogP contribution in [0, 0.1) is 27.7 Å². The lowest BCUT2D eigenvalue weighted by Crippen LogP contribution is -2.13. The maximum absolute atomic E-state index is 11.8. The van der Waals surface area contributed by atoms with E-state index in [4.69, 9.17) is 4.98 Å². The van der Waals surface area contributed by atoms with E-state index >= 15 is 0 Å². The monoisotopic (exact) mass is 413 g/mol. The van der Waals surface area contributed by atoms with Gasteiger partial charge in [0.2, 0.25) is 0 Å². The Bertz CT molecular complexity index is 1130. The first-order valence-electron chi connectivity index (χ1n) is 10.4. The molecule has 4 rings (SSSR count). The fourth-order valence-corrected chi connectivity index (χ4v) is 4.30. The van der Waals surface area contributed by atoms with Gasteiger partial charge >= 0.3 is 5.97 Å². The molecule has 31 heavy (non-hydrogen) atoms. The minimum absolute atomic E-state index is 0.0141. The van der Waals surface area contributed by atoms with E-state index in [1.807, 2.05) is 42.5 Å². The van der Waals surface area contributed by atoms with Gasteiger partial charge in [-0.2, -0.15) is 0 Å². The zero-order valence-corrected chi connectivity index (χ0v) is 18.3. The van der Waals surface area contributed by atoms with Gasteiger partial charge in [-0.05, 0) is 75.2 Å². The highest BCUT2D eigenvalue weighted by Crippen LogP contribution is 2.31. The van der Waals surface area contributed by atoms with Gasteiger partial charge in [0.1, 0.15) is 11.6 Å². The predicted octanol–water partition coefficient (Wildman–Crippen LogP) is 5.50. The number of nitrogens with zero attached hydrogens (tertiary/aromatic N) is 3. The molecular formula is C26H27N3O2. The summed E-state index contributed by atoms with van der Waals surface area (Å²) in [6.07, 6.45) is 0.0141. The van der Waals surface area contributed by atoms with Crippen LogP contribution in [0.4, 0.5) is 0 Å². The quantitative estimate of drug-likeness (QED) is 0.454. The lowest BCUT2D eigenvalue weighted by molar-refractivity contribution is -0.137. The molecule has 0 aliphatic carbocycles. The molecule has 1 unspecified atom stereocenters. The van der Waals surface area contributed by atoms with Crippen LogP contribution < -0.4 is 0 Å². The molecule has 0 fully saturated rings. The summed E-state index contributed by atoms with van der Waals surface area (Å²) < 4.78 is 4.23. The Balaban J connectivity index is 1.98. The Kier molecular flexibility index (Phi) is 5.51. The van der Waals surface area contributed by atoms with Gasteiger partial charge in [-0.15, -0.1) is 0 Å². The van der Waals surface area contributed by atoms with Gasteiger partial charge in [0.05, 0.1) is 6.42 Å². The molecule has 0 saturated heterocycles. The number of aromatic nitrogens is 3. The van der Waals surface area contributed by atoms with Crippen LogP contribution in [0.25, 0.3) is 11.6 Å². The van der Waals surface area contributed by atoms with Gasteiger partial charge in [0.15, 0.2) is 0 Å². The average molecular weight is 414 g/mol. The molecule has 0 aliphatic rings. The summed E-state index contributed by atoms with van der Waals surface area (Å²) in [6, 6.07) is 22.2. The van der Waals surface area contributed by atoms with Crippen molar-refractivity contribution in [3.05, 3.63) is 101 Å². The number of carbonyl (C=O) groups is 1. The number of benzene rings is 1. The number of aryl methyl sites for hydroxylation is 4. The molecule has 4 aromatic rings. The molecule has 0 spiro atoms. The van der Waals surface area contributed by atoms with Crippen molar-refractivity contribution in [2.45, 2.75) is 40.0 Å². The fraction of sp³-hybridized carbons (Fsp3) is 0.231. The molecule has 1 N–H and O–H groups in total. The second kappa shape index (κ2) is 8.26. The molecule has 3 heterocycles. The highest BCUT2D eigenvalue weighted by molar-refractivity contribution is 5.69. The summed E-state index contributed by atoms with van der Waals surface area (Å²) in [5, 5.41) is 9.66. The van der Waals surface area contributed by atoms with Crippen LogP contribution in [-0.4, -0.2) is 25.2 Å². The van der Waals surface area contributed by atoms with Crippen LogP contribution in [0.3, 0.4) is 0 Å². The van der Waals surface area contributed by atoms with E-state index in [0.29, 0.717) is 0 Å². The van der Waals surface area contributed by atoms with Crippen molar-refractivity contribution in [3.63, 3.8) is 0 Å². The van der Waals surface area contributed by atoms with Crippen LogP contribution in [-0.2, 0) is 4.79 Å². The first-order valence-corrected chi connectivity index (χ1v) is 10.4. The maximum atomic E-state index is 11.8.